The highest BCUT2D eigenvalue weighted by molar-refractivity contribution is 7.02. The monoisotopic (exact) mass is 876 g/mol. The zero-order valence-corrected chi connectivity index (χ0v) is 39.0. The second-order valence-electron chi connectivity index (χ2n) is 18.7. The molecule has 0 spiro atoms. The van der Waals surface area contributed by atoms with Crippen LogP contribution in [-0.4, -0.2) is 13.4 Å². The van der Waals surface area contributed by atoms with E-state index in [0.29, 0.717) is 0 Å². The molecular weight excluding hydrogens is 826 g/mol. The summed E-state index contributed by atoms with van der Waals surface area (Å²) in [6.45, 7) is 8.66. The van der Waals surface area contributed by atoms with E-state index in [1.54, 1.807) is 0 Å². The van der Waals surface area contributed by atoms with Crippen molar-refractivity contribution in [3.05, 3.63) is 204 Å². The lowest BCUT2D eigenvalue weighted by Gasteiger charge is -2.47. The molecule has 0 aliphatic carbocycles. The summed E-state index contributed by atoms with van der Waals surface area (Å²) < 4.78 is 15.4. The lowest BCUT2D eigenvalue weighted by Crippen LogP contribution is -2.64. The van der Waals surface area contributed by atoms with E-state index in [1.165, 1.54) is 55.4 Å². The molecule has 0 unspecified atom stereocenters. The van der Waals surface area contributed by atoms with Crippen LogP contribution in [0.15, 0.2) is 182 Å². The highest BCUT2D eigenvalue weighted by Crippen LogP contribution is 2.54. The molecule has 4 aliphatic rings. The SMILES string of the molecule is CCc1ccc(N2c3ccc(CC)cc3B3c4cc(-c5ccccc5)ccc4Oc4c3c2c2c3c4N(c4ccc(CC)cc4)c4ccc(CC)cc4B3c3cc(-c4ccccc4)ccc3O2)cc1. The maximum Gasteiger partial charge on any atom is 0.256 e. The maximum absolute atomic E-state index is 7.69. The molecule has 68 heavy (non-hydrogen) atoms. The Morgan fingerprint density at radius 1 is 0.353 bits per heavy atom. The van der Waals surface area contributed by atoms with Gasteiger partial charge in [0.15, 0.2) is 0 Å². The lowest BCUT2D eigenvalue weighted by atomic mass is 9.31. The molecule has 9 aromatic rings. The first-order valence-electron chi connectivity index (χ1n) is 24.5. The third-order valence-corrected chi connectivity index (χ3v) is 15.0. The molecule has 0 N–H and O–H groups in total. The molecule has 0 saturated heterocycles. The number of hydrogen-bond donors (Lipinski definition) is 0. The third-order valence-electron chi connectivity index (χ3n) is 15.0. The Morgan fingerprint density at radius 2 is 0.735 bits per heavy atom. The van der Waals surface area contributed by atoms with Gasteiger partial charge in [-0.2, -0.15) is 0 Å². The van der Waals surface area contributed by atoms with Crippen LogP contribution in [0.4, 0.5) is 34.1 Å². The van der Waals surface area contributed by atoms with Crippen LogP contribution in [0.1, 0.15) is 49.9 Å². The van der Waals surface area contributed by atoms with Crippen molar-refractivity contribution in [2.75, 3.05) is 9.80 Å². The van der Waals surface area contributed by atoms with Gasteiger partial charge in [0.25, 0.3) is 13.4 Å². The van der Waals surface area contributed by atoms with Crippen LogP contribution in [0, 0.1) is 0 Å². The zero-order chi connectivity index (χ0) is 45.6. The number of hydrogen-bond acceptors (Lipinski definition) is 4. The maximum atomic E-state index is 7.69. The third kappa shape index (κ3) is 6.16. The van der Waals surface area contributed by atoms with Crippen LogP contribution in [0.2, 0.25) is 0 Å². The van der Waals surface area contributed by atoms with Crippen LogP contribution in [0.5, 0.6) is 23.0 Å². The molecule has 13 rings (SSSR count). The molecule has 0 fully saturated rings. The normalized spacial score (nSPS) is 13.4. The standard InChI is InChI=1S/C62H50B2N2O2/c1-5-39-19-27-47(28-20-39)65-53-31-23-41(7-3)35-49(53)63-51-37-45(43-15-11-9-12-16-43)26-34-56(51)68-62-57(63)59(65)61-58-60(62)66(48-29-21-40(6-2)22-30-48)54-32-24-42(8-4)36-50(54)64(58)52-38-46(25-33-55(52)67-61)44-17-13-10-14-18-44/h9-38H,5-8H2,1-4H3. The van der Waals surface area contributed by atoms with Crippen molar-refractivity contribution in [1.29, 1.82) is 0 Å². The lowest BCUT2D eigenvalue weighted by molar-refractivity contribution is 0.477. The highest BCUT2D eigenvalue weighted by atomic mass is 16.5. The minimum atomic E-state index is -0.154. The number of nitrogens with zero attached hydrogens (tertiary/aromatic N) is 2. The molecule has 0 saturated carbocycles. The van der Waals surface area contributed by atoms with Crippen LogP contribution in [0.3, 0.4) is 0 Å². The number of ether oxygens (including phenoxy) is 2. The average Bonchev–Trinajstić information content (AvgIpc) is 3.41. The molecule has 4 heterocycles. The fourth-order valence-electron chi connectivity index (χ4n) is 11.5. The first kappa shape index (κ1) is 40.6. The number of aryl methyl sites for hydroxylation is 4. The molecule has 0 atom stereocenters. The Kier molecular flexibility index (Phi) is 9.54. The smallest absolute Gasteiger partial charge is 0.256 e. The summed E-state index contributed by atoms with van der Waals surface area (Å²) in [5.41, 5.74) is 23.6. The van der Waals surface area contributed by atoms with Gasteiger partial charge < -0.3 is 19.3 Å². The second kappa shape index (κ2) is 16.0. The Hall–Kier alpha value is -7.69. The molecule has 0 radical (unpaired) electrons. The van der Waals surface area contributed by atoms with Crippen molar-refractivity contribution < 1.29 is 9.47 Å². The van der Waals surface area contributed by atoms with E-state index >= 15 is 0 Å². The molecule has 4 nitrogen and oxygen atoms in total. The first-order chi connectivity index (χ1) is 33.5. The van der Waals surface area contributed by atoms with Crippen LogP contribution >= 0.6 is 0 Å². The summed E-state index contributed by atoms with van der Waals surface area (Å²) in [5.74, 6) is 3.53. The number of rotatable bonds is 8. The topological polar surface area (TPSA) is 24.9 Å². The van der Waals surface area contributed by atoms with E-state index in [1.807, 2.05) is 0 Å². The molecule has 6 heteroatoms. The van der Waals surface area contributed by atoms with Crippen molar-refractivity contribution in [1.82, 2.24) is 0 Å². The van der Waals surface area contributed by atoms with Gasteiger partial charge in [-0.15, -0.1) is 0 Å². The van der Waals surface area contributed by atoms with Crippen molar-refractivity contribution in [2.45, 2.75) is 53.4 Å². The van der Waals surface area contributed by atoms with Gasteiger partial charge in [0.2, 0.25) is 0 Å². The van der Waals surface area contributed by atoms with Gasteiger partial charge in [-0.25, -0.2) is 0 Å². The summed E-state index contributed by atoms with van der Waals surface area (Å²) >= 11 is 0. The fraction of sp³-hybridized carbons (Fsp3) is 0.129. The number of benzene rings is 9. The minimum Gasteiger partial charge on any atom is -0.456 e. The Balaban J connectivity index is 1.18. The minimum absolute atomic E-state index is 0.154. The molecule has 0 amide bonds. The zero-order valence-electron chi connectivity index (χ0n) is 39.0. The van der Waals surface area contributed by atoms with Crippen LogP contribution in [-0.2, 0) is 25.7 Å². The van der Waals surface area contributed by atoms with E-state index in [-0.39, 0.29) is 13.4 Å². The fourth-order valence-corrected chi connectivity index (χ4v) is 11.5. The average molecular weight is 877 g/mol. The Morgan fingerprint density at radius 3 is 1.12 bits per heavy atom. The van der Waals surface area contributed by atoms with Crippen LogP contribution in [0.25, 0.3) is 22.3 Å². The number of fused-ring (bicyclic) bond motifs is 10. The summed E-state index contributed by atoms with van der Waals surface area (Å²) in [4.78, 5) is 4.99. The quantitative estimate of drug-likeness (QED) is 0.142. The van der Waals surface area contributed by atoms with Gasteiger partial charge >= 0.3 is 0 Å². The van der Waals surface area contributed by atoms with Crippen LogP contribution < -0.4 is 52.1 Å². The Labute approximate surface area is 400 Å². The van der Waals surface area contributed by atoms with Gasteiger partial charge in [-0.05, 0) is 141 Å². The van der Waals surface area contributed by atoms with Gasteiger partial charge in [0.1, 0.15) is 23.0 Å². The molecular formula is C62H50B2N2O2. The van der Waals surface area contributed by atoms with Crippen molar-refractivity contribution >= 4 is 80.3 Å². The second-order valence-corrected chi connectivity index (χ2v) is 18.7. The van der Waals surface area contributed by atoms with Crippen molar-refractivity contribution in [3.8, 4) is 45.3 Å². The Bertz CT molecular complexity index is 3230. The summed E-state index contributed by atoms with van der Waals surface area (Å²) in [7, 11) is 0. The molecule has 326 valence electrons. The van der Waals surface area contributed by atoms with Crippen molar-refractivity contribution in [3.63, 3.8) is 0 Å². The van der Waals surface area contributed by atoms with Gasteiger partial charge in [-0.1, -0.05) is 161 Å². The van der Waals surface area contributed by atoms with Gasteiger partial charge in [-0.3, -0.25) is 0 Å². The van der Waals surface area contributed by atoms with Crippen molar-refractivity contribution in [2.24, 2.45) is 0 Å². The molecule has 0 bridgehead atoms. The predicted molar refractivity (Wildman–Crippen MR) is 287 cm³/mol. The summed E-state index contributed by atoms with van der Waals surface area (Å²) in [6.07, 6.45) is 3.79. The van der Waals surface area contributed by atoms with Gasteiger partial charge in [0, 0.05) is 33.7 Å². The van der Waals surface area contributed by atoms with E-state index in [0.717, 1.165) is 105 Å². The summed E-state index contributed by atoms with van der Waals surface area (Å²) in [6, 6.07) is 67.7. The molecule has 4 aliphatic heterocycles. The highest BCUT2D eigenvalue weighted by Gasteiger charge is 2.52. The van der Waals surface area contributed by atoms with E-state index in [4.69, 9.17) is 9.47 Å². The predicted octanol–water partition coefficient (Wildman–Crippen LogP) is 12.1. The van der Waals surface area contributed by atoms with E-state index < -0.39 is 0 Å². The molecule has 9 aromatic carbocycles. The number of anilines is 6. The molecule has 0 aromatic heterocycles. The van der Waals surface area contributed by atoms with E-state index in [9.17, 15) is 0 Å². The largest absolute Gasteiger partial charge is 0.456 e. The van der Waals surface area contributed by atoms with E-state index in [2.05, 4.69) is 219 Å². The summed E-state index contributed by atoms with van der Waals surface area (Å²) in [5, 5.41) is 0. The first-order valence-corrected chi connectivity index (χ1v) is 24.5. The van der Waals surface area contributed by atoms with Gasteiger partial charge in [0.05, 0.1) is 11.4 Å².